The number of carbonyl (C=O) groups excluding carboxylic acids is 1. The van der Waals surface area contributed by atoms with Crippen molar-refractivity contribution in [2.75, 3.05) is 19.0 Å². The molecule has 0 fully saturated rings. The average Bonchev–Trinajstić information content (AvgIpc) is 3.26. The van der Waals surface area contributed by atoms with Crippen LogP contribution in [-0.2, 0) is 15.3 Å². The van der Waals surface area contributed by atoms with Gasteiger partial charge in [-0.2, -0.15) is 4.98 Å². The van der Waals surface area contributed by atoms with Crippen molar-refractivity contribution in [2.45, 2.75) is 50.8 Å². The Balaban J connectivity index is 1.78. The standard InChI is InChI=1S/C26H28BrClN4O4S/c1-6-35-20-12-17(11-18(27)23(20)36-14(2)3)22-21(24(33)34-5)15(4)29-25-30-26(31-32(22)25)37-13-16-9-7-8-10-19(16)28/h7-12,14,22H,6,13H2,1-5H3,(H,29,30,31). The van der Waals surface area contributed by atoms with E-state index in [0.717, 1.165) is 11.1 Å². The summed E-state index contributed by atoms with van der Waals surface area (Å²) in [4.78, 5) is 17.7. The molecule has 1 aliphatic heterocycles. The molecule has 2 aromatic carbocycles. The van der Waals surface area contributed by atoms with Gasteiger partial charge in [-0.05, 0) is 73.0 Å². The van der Waals surface area contributed by atoms with E-state index in [-0.39, 0.29) is 6.10 Å². The third kappa shape index (κ3) is 5.91. The fourth-order valence-corrected chi connectivity index (χ4v) is 5.66. The van der Waals surface area contributed by atoms with Gasteiger partial charge in [-0.1, -0.05) is 41.6 Å². The summed E-state index contributed by atoms with van der Waals surface area (Å²) in [5.41, 5.74) is 2.81. The molecule has 37 heavy (non-hydrogen) atoms. The number of esters is 1. The molecule has 3 aromatic rings. The fourth-order valence-electron chi connectivity index (χ4n) is 3.99. The lowest BCUT2D eigenvalue weighted by molar-refractivity contribution is -0.136. The maximum absolute atomic E-state index is 13.0. The van der Waals surface area contributed by atoms with Gasteiger partial charge in [-0.3, -0.25) is 0 Å². The van der Waals surface area contributed by atoms with Gasteiger partial charge in [-0.25, -0.2) is 9.48 Å². The summed E-state index contributed by atoms with van der Waals surface area (Å²) >= 11 is 11.4. The monoisotopic (exact) mass is 606 g/mol. The Kier molecular flexibility index (Phi) is 8.71. The minimum absolute atomic E-state index is 0.0485. The number of fused-ring (bicyclic) bond motifs is 1. The highest BCUT2D eigenvalue weighted by Crippen LogP contribution is 2.43. The predicted molar refractivity (Wildman–Crippen MR) is 149 cm³/mol. The van der Waals surface area contributed by atoms with Crippen molar-refractivity contribution < 1.29 is 19.0 Å². The second-order valence-electron chi connectivity index (χ2n) is 8.53. The van der Waals surface area contributed by atoms with Gasteiger partial charge in [0.15, 0.2) is 11.5 Å². The molecule has 1 unspecified atom stereocenters. The number of hydrogen-bond acceptors (Lipinski definition) is 8. The van der Waals surface area contributed by atoms with Crippen LogP contribution in [0, 0.1) is 0 Å². The van der Waals surface area contributed by atoms with Crippen LogP contribution < -0.4 is 14.8 Å². The molecule has 0 saturated carbocycles. The van der Waals surface area contributed by atoms with E-state index >= 15 is 0 Å². The fraction of sp³-hybridized carbons (Fsp3) is 0.346. The van der Waals surface area contributed by atoms with Gasteiger partial charge in [0.1, 0.15) is 6.04 Å². The number of carbonyl (C=O) groups is 1. The van der Waals surface area contributed by atoms with E-state index in [9.17, 15) is 4.79 Å². The summed E-state index contributed by atoms with van der Waals surface area (Å²) in [5.74, 6) is 1.83. The van der Waals surface area contributed by atoms with E-state index in [1.807, 2.05) is 64.1 Å². The van der Waals surface area contributed by atoms with Crippen LogP contribution >= 0.6 is 39.3 Å². The molecule has 1 aliphatic rings. The minimum atomic E-state index is -0.602. The maximum Gasteiger partial charge on any atom is 0.338 e. The largest absolute Gasteiger partial charge is 0.490 e. The molecule has 0 saturated heterocycles. The van der Waals surface area contributed by atoms with Crippen molar-refractivity contribution >= 4 is 51.2 Å². The molecule has 0 bridgehead atoms. The number of nitrogens with one attached hydrogen (secondary N) is 1. The van der Waals surface area contributed by atoms with Crippen LogP contribution in [0.2, 0.25) is 5.02 Å². The first kappa shape index (κ1) is 27.3. The second-order valence-corrected chi connectivity index (χ2v) is 10.7. The zero-order valence-corrected chi connectivity index (χ0v) is 24.3. The molecule has 0 radical (unpaired) electrons. The first-order valence-corrected chi connectivity index (χ1v) is 13.9. The number of nitrogens with zero attached hydrogens (tertiary/aromatic N) is 3. The number of benzene rings is 2. The van der Waals surface area contributed by atoms with Gasteiger partial charge < -0.3 is 19.5 Å². The molecular formula is C26H28BrClN4O4S. The summed E-state index contributed by atoms with van der Waals surface area (Å²) in [6.07, 6.45) is -0.0485. The topological polar surface area (TPSA) is 87.5 Å². The maximum atomic E-state index is 13.0. The van der Waals surface area contributed by atoms with Crippen molar-refractivity contribution in [1.82, 2.24) is 14.8 Å². The molecule has 1 aromatic heterocycles. The van der Waals surface area contributed by atoms with E-state index in [2.05, 4.69) is 26.2 Å². The van der Waals surface area contributed by atoms with Crippen LogP contribution in [0.25, 0.3) is 0 Å². The van der Waals surface area contributed by atoms with Gasteiger partial charge in [0.2, 0.25) is 11.1 Å². The molecular weight excluding hydrogens is 580 g/mol. The van der Waals surface area contributed by atoms with E-state index < -0.39 is 12.0 Å². The number of hydrogen-bond donors (Lipinski definition) is 1. The summed E-state index contributed by atoms with van der Waals surface area (Å²) in [5, 5.41) is 9.22. The van der Waals surface area contributed by atoms with Gasteiger partial charge in [0, 0.05) is 16.5 Å². The number of aromatic nitrogens is 3. The van der Waals surface area contributed by atoms with E-state index in [1.165, 1.54) is 18.9 Å². The summed E-state index contributed by atoms with van der Waals surface area (Å²) in [6, 6.07) is 10.9. The van der Waals surface area contributed by atoms with Crippen molar-refractivity contribution in [3.63, 3.8) is 0 Å². The summed E-state index contributed by atoms with van der Waals surface area (Å²) in [6.45, 7) is 8.09. The zero-order chi connectivity index (χ0) is 26.7. The Morgan fingerprint density at radius 3 is 2.73 bits per heavy atom. The Morgan fingerprint density at radius 2 is 2.05 bits per heavy atom. The number of ether oxygens (including phenoxy) is 3. The molecule has 196 valence electrons. The van der Waals surface area contributed by atoms with Crippen LogP contribution in [0.1, 0.15) is 44.9 Å². The van der Waals surface area contributed by atoms with Gasteiger partial charge in [0.25, 0.3) is 0 Å². The van der Waals surface area contributed by atoms with E-state index in [1.54, 1.807) is 4.68 Å². The molecule has 1 atom stereocenters. The van der Waals surface area contributed by atoms with Gasteiger partial charge in [-0.15, -0.1) is 5.10 Å². The van der Waals surface area contributed by atoms with Crippen LogP contribution in [-0.4, -0.2) is 40.6 Å². The molecule has 2 heterocycles. The van der Waals surface area contributed by atoms with Crippen molar-refractivity contribution in [3.05, 3.63) is 68.3 Å². The number of halogens is 2. The number of thioether (sulfide) groups is 1. The number of anilines is 1. The molecule has 0 spiro atoms. The number of methoxy groups -OCH3 is 1. The quantitative estimate of drug-likeness (QED) is 0.214. The average molecular weight is 608 g/mol. The van der Waals surface area contributed by atoms with Gasteiger partial charge in [0.05, 0.1) is 29.9 Å². The first-order chi connectivity index (χ1) is 17.7. The molecule has 8 nitrogen and oxygen atoms in total. The molecule has 4 rings (SSSR count). The highest BCUT2D eigenvalue weighted by molar-refractivity contribution is 9.10. The Bertz CT molecular complexity index is 1340. The Hall–Kier alpha value is -2.69. The van der Waals surface area contributed by atoms with Crippen LogP contribution in [0.5, 0.6) is 11.5 Å². The minimum Gasteiger partial charge on any atom is -0.490 e. The van der Waals surface area contributed by atoms with Crippen molar-refractivity contribution in [3.8, 4) is 11.5 Å². The SMILES string of the molecule is CCOc1cc(C2C(C(=O)OC)=C(C)Nc3nc(SCc4ccccc4Cl)nn32)cc(Br)c1OC(C)C. The lowest BCUT2D eigenvalue weighted by Crippen LogP contribution is -2.29. The van der Waals surface area contributed by atoms with Crippen LogP contribution in [0.15, 0.2) is 57.3 Å². The molecule has 11 heteroatoms. The Morgan fingerprint density at radius 1 is 1.30 bits per heavy atom. The third-order valence-electron chi connectivity index (χ3n) is 5.55. The highest BCUT2D eigenvalue weighted by atomic mass is 79.9. The third-order valence-corrected chi connectivity index (χ3v) is 7.40. The van der Waals surface area contributed by atoms with Crippen molar-refractivity contribution in [1.29, 1.82) is 0 Å². The van der Waals surface area contributed by atoms with E-state index in [0.29, 0.717) is 55.7 Å². The second kappa shape index (κ2) is 11.8. The lowest BCUT2D eigenvalue weighted by atomic mass is 9.95. The zero-order valence-electron chi connectivity index (χ0n) is 21.2. The van der Waals surface area contributed by atoms with Crippen LogP contribution in [0.3, 0.4) is 0 Å². The summed E-state index contributed by atoms with van der Waals surface area (Å²) < 4.78 is 19.5. The van der Waals surface area contributed by atoms with Crippen LogP contribution in [0.4, 0.5) is 5.95 Å². The predicted octanol–water partition coefficient (Wildman–Crippen LogP) is 6.63. The molecule has 0 aliphatic carbocycles. The smallest absolute Gasteiger partial charge is 0.338 e. The number of allylic oxidation sites excluding steroid dienone is 1. The lowest BCUT2D eigenvalue weighted by Gasteiger charge is -2.28. The van der Waals surface area contributed by atoms with Gasteiger partial charge >= 0.3 is 5.97 Å². The highest BCUT2D eigenvalue weighted by Gasteiger charge is 2.36. The first-order valence-electron chi connectivity index (χ1n) is 11.7. The Labute approximate surface area is 233 Å². The summed E-state index contributed by atoms with van der Waals surface area (Å²) in [7, 11) is 1.36. The number of rotatable bonds is 9. The molecule has 1 N–H and O–H groups in total. The van der Waals surface area contributed by atoms with E-state index in [4.69, 9.17) is 30.9 Å². The normalized spacial score (nSPS) is 14.9. The van der Waals surface area contributed by atoms with Crippen molar-refractivity contribution in [2.24, 2.45) is 0 Å². The molecule has 0 amide bonds.